The van der Waals surface area contributed by atoms with Gasteiger partial charge in [-0.2, -0.15) is 0 Å². The number of ether oxygens (including phenoxy) is 1. The molecule has 166 valence electrons. The number of anilines is 1. The van der Waals surface area contributed by atoms with Gasteiger partial charge in [-0.05, 0) is 42.5 Å². The summed E-state index contributed by atoms with van der Waals surface area (Å²) in [7, 11) is -2.07. The number of H-pyrrole nitrogens is 1. The van der Waals surface area contributed by atoms with Crippen LogP contribution in [-0.4, -0.2) is 53.9 Å². The summed E-state index contributed by atoms with van der Waals surface area (Å²) in [5, 5.41) is 12.3. The highest BCUT2D eigenvalue weighted by Crippen LogP contribution is 2.27. The summed E-state index contributed by atoms with van der Waals surface area (Å²) in [4.78, 5) is 18.9. The highest BCUT2D eigenvalue weighted by molar-refractivity contribution is 7.99. The van der Waals surface area contributed by atoms with E-state index in [9.17, 15) is 13.2 Å². The number of hydrogen-bond acceptors (Lipinski definition) is 8. The highest BCUT2D eigenvalue weighted by Gasteiger charge is 2.14. The van der Waals surface area contributed by atoms with Gasteiger partial charge in [0.1, 0.15) is 11.3 Å². The highest BCUT2D eigenvalue weighted by atomic mass is 32.2. The lowest BCUT2D eigenvalue weighted by molar-refractivity contribution is -0.114. The van der Waals surface area contributed by atoms with Crippen molar-refractivity contribution in [2.75, 3.05) is 24.7 Å². The minimum absolute atomic E-state index is 0.115. The molecule has 2 aromatic carbocycles. The first kappa shape index (κ1) is 22.0. The SMILES string of the molecule is COc1ccc2[nH]c3nc(SCCNS(=O)(=O)c4ccc(NC(C)=O)cc4)nnc3c2c1. The number of methoxy groups -OCH3 is 1. The fourth-order valence-electron chi connectivity index (χ4n) is 3.05. The summed E-state index contributed by atoms with van der Waals surface area (Å²) < 4.78 is 32.7. The maximum atomic E-state index is 12.4. The molecule has 3 N–H and O–H groups in total. The van der Waals surface area contributed by atoms with Gasteiger partial charge in [0.2, 0.25) is 21.1 Å². The van der Waals surface area contributed by atoms with E-state index in [0.29, 0.717) is 27.8 Å². The van der Waals surface area contributed by atoms with Crippen LogP contribution in [0.15, 0.2) is 52.5 Å². The van der Waals surface area contributed by atoms with Crippen molar-refractivity contribution >= 4 is 55.4 Å². The molecule has 4 rings (SSSR count). The van der Waals surface area contributed by atoms with Gasteiger partial charge in [-0.1, -0.05) is 11.8 Å². The number of hydrogen-bond donors (Lipinski definition) is 3. The maximum absolute atomic E-state index is 12.4. The van der Waals surface area contributed by atoms with E-state index < -0.39 is 10.0 Å². The number of sulfonamides is 1. The van der Waals surface area contributed by atoms with Crippen molar-refractivity contribution in [1.82, 2.24) is 24.9 Å². The summed E-state index contributed by atoms with van der Waals surface area (Å²) in [6, 6.07) is 11.6. The van der Waals surface area contributed by atoms with Gasteiger partial charge in [-0.15, -0.1) is 10.2 Å². The molecule has 4 aromatic rings. The van der Waals surface area contributed by atoms with E-state index in [1.54, 1.807) is 7.11 Å². The largest absolute Gasteiger partial charge is 0.497 e. The Balaban J connectivity index is 1.37. The van der Waals surface area contributed by atoms with Gasteiger partial charge >= 0.3 is 0 Å². The van der Waals surface area contributed by atoms with Gasteiger partial charge in [-0.25, -0.2) is 18.1 Å². The number of nitrogens with zero attached hydrogens (tertiary/aromatic N) is 3. The van der Waals surface area contributed by atoms with Gasteiger partial charge in [0, 0.05) is 35.8 Å². The van der Waals surface area contributed by atoms with Crippen molar-refractivity contribution in [3.63, 3.8) is 0 Å². The number of benzene rings is 2. The van der Waals surface area contributed by atoms with Crippen LogP contribution in [0.25, 0.3) is 22.1 Å². The van der Waals surface area contributed by atoms with E-state index in [0.717, 1.165) is 16.7 Å². The van der Waals surface area contributed by atoms with E-state index in [-0.39, 0.29) is 17.3 Å². The van der Waals surface area contributed by atoms with E-state index in [1.807, 2.05) is 18.2 Å². The lowest BCUT2D eigenvalue weighted by atomic mass is 10.2. The minimum atomic E-state index is -3.67. The second-order valence-corrected chi connectivity index (χ2v) is 9.61. The Kier molecular flexibility index (Phi) is 6.26. The topological polar surface area (TPSA) is 139 Å². The molecule has 2 heterocycles. The number of fused-ring (bicyclic) bond motifs is 3. The maximum Gasteiger partial charge on any atom is 0.240 e. The fourth-order valence-corrected chi connectivity index (χ4v) is 4.85. The molecule has 32 heavy (non-hydrogen) atoms. The summed E-state index contributed by atoms with van der Waals surface area (Å²) in [5.74, 6) is 0.915. The van der Waals surface area contributed by atoms with Gasteiger partial charge < -0.3 is 15.0 Å². The molecule has 0 bridgehead atoms. The minimum Gasteiger partial charge on any atom is -0.497 e. The molecule has 0 spiro atoms. The molecule has 0 saturated heterocycles. The van der Waals surface area contributed by atoms with Crippen LogP contribution in [0.4, 0.5) is 5.69 Å². The number of carbonyl (C=O) groups is 1. The molecule has 2 aromatic heterocycles. The Morgan fingerprint density at radius 1 is 1.16 bits per heavy atom. The lowest BCUT2D eigenvalue weighted by Crippen LogP contribution is -2.26. The number of aromatic amines is 1. The molecule has 12 heteroatoms. The molecule has 0 saturated carbocycles. The molecule has 0 aliphatic carbocycles. The number of thioether (sulfide) groups is 1. The smallest absolute Gasteiger partial charge is 0.240 e. The van der Waals surface area contributed by atoms with Crippen LogP contribution >= 0.6 is 11.8 Å². The second-order valence-electron chi connectivity index (χ2n) is 6.78. The number of amides is 1. The summed E-state index contributed by atoms with van der Waals surface area (Å²) in [5.41, 5.74) is 2.65. The van der Waals surface area contributed by atoms with Crippen molar-refractivity contribution in [3.8, 4) is 5.75 Å². The van der Waals surface area contributed by atoms with Crippen LogP contribution in [0.2, 0.25) is 0 Å². The first-order valence-electron chi connectivity index (χ1n) is 9.56. The lowest BCUT2D eigenvalue weighted by Gasteiger charge is -2.07. The zero-order valence-corrected chi connectivity index (χ0v) is 18.9. The zero-order valence-electron chi connectivity index (χ0n) is 17.2. The molecule has 0 aliphatic rings. The monoisotopic (exact) mass is 472 g/mol. The molecule has 0 unspecified atom stereocenters. The average Bonchev–Trinajstić information content (AvgIpc) is 3.13. The Hall–Kier alpha value is -3.22. The first-order valence-corrected chi connectivity index (χ1v) is 12.0. The van der Waals surface area contributed by atoms with E-state index in [4.69, 9.17) is 4.74 Å². The third-order valence-corrected chi connectivity index (χ3v) is 6.83. The Morgan fingerprint density at radius 3 is 2.66 bits per heavy atom. The van der Waals surface area contributed by atoms with Crippen molar-refractivity contribution in [2.24, 2.45) is 0 Å². The van der Waals surface area contributed by atoms with Crippen LogP contribution in [0.1, 0.15) is 6.92 Å². The molecule has 0 radical (unpaired) electrons. The van der Waals surface area contributed by atoms with E-state index in [2.05, 4.69) is 30.2 Å². The average molecular weight is 473 g/mol. The van der Waals surface area contributed by atoms with Crippen molar-refractivity contribution in [1.29, 1.82) is 0 Å². The third kappa shape index (κ3) is 4.82. The normalized spacial score (nSPS) is 11.7. The fraction of sp³-hybridized carbons (Fsp3) is 0.200. The predicted octanol–water partition coefficient (Wildman–Crippen LogP) is 2.54. The van der Waals surface area contributed by atoms with Crippen molar-refractivity contribution in [2.45, 2.75) is 17.0 Å². The predicted molar refractivity (Wildman–Crippen MR) is 122 cm³/mol. The van der Waals surface area contributed by atoms with Crippen LogP contribution in [0.5, 0.6) is 5.75 Å². The number of carbonyl (C=O) groups excluding carboxylic acids is 1. The van der Waals surface area contributed by atoms with Crippen molar-refractivity contribution < 1.29 is 17.9 Å². The van der Waals surface area contributed by atoms with E-state index >= 15 is 0 Å². The Bertz CT molecular complexity index is 1390. The Morgan fingerprint density at radius 2 is 1.94 bits per heavy atom. The van der Waals surface area contributed by atoms with Gasteiger partial charge in [0.05, 0.1) is 12.0 Å². The van der Waals surface area contributed by atoms with E-state index in [1.165, 1.54) is 43.0 Å². The molecular formula is C20H20N6O4S2. The molecule has 0 atom stereocenters. The quantitative estimate of drug-likeness (QED) is 0.263. The molecule has 10 nitrogen and oxygen atoms in total. The summed E-state index contributed by atoms with van der Waals surface area (Å²) in [6.07, 6.45) is 0. The van der Waals surface area contributed by atoms with Gasteiger partial charge in [-0.3, -0.25) is 4.79 Å². The number of aromatic nitrogens is 4. The molecule has 1 amide bonds. The number of rotatable bonds is 8. The third-order valence-electron chi connectivity index (χ3n) is 4.51. The standard InChI is InChI=1S/C20H20N6O4S2/c1-12(27)22-13-3-6-15(7-4-13)32(28,29)21-9-10-31-20-24-19-18(25-26-20)16-11-14(30-2)5-8-17(16)23-19/h3-8,11,21H,9-10H2,1-2H3,(H,22,27)(H,23,24,26). The van der Waals surface area contributed by atoms with Crippen molar-refractivity contribution in [3.05, 3.63) is 42.5 Å². The van der Waals surface area contributed by atoms with Crippen LogP contribution in [0, 0.1) is 0 Å². The van der Waals surface area contributed by atoms with Gasteiger partial charge in [0.25, 0.3) is 0 Å². The second kappa shape index (κ2) is 9.10. The van der Waals surface area contributed by atoms with Crippen LogP contribution in [-0.2, 0) is 14.8 Å². The summed E-state index contributed by atoms with van der Waals surface area (Å²) >= 11 is 1.29. The first-order chi connectivity index (χ1) is 15.4. The Labute approximate surface area is 188 Å². The zero-order chi connectivity index (χ0) is 22.7. The van der Waals surface area contributed by atoms with Crippen LogP contribution < -0.4 is 14.8 Å². The summed E-state index contributed by atoms with van der Waals surface area (Å²) in [6.45, 7) is 1.57. The molecule has 0 fully saturated rings. The van der Waals surface area contributed by atoms with Gasteiger partial charge in [0.15, 0.2) is 5.65 Å². The van der Waals surface area contributed by atoms with Crippen LogP contribution in [0.3, 0.4) is 0 Å². The number of nitrogens with one attached hydrogen (secondary N) is 3. The molecular weight excluding hydrogens is 452 g/mol. The molecule has 0 aliphatic heterocycles.